The van der Waals surface area contributed by atoms with E-state index in [4.69, 9.17) is 0 Å². The van der Waals surface area contributed by atoms with Crippen molar-refractivity contribution in [3.05, 3.63) is 270 Å². The highest BCUT2D eigenvalue weighted by Crippen LogP contribution is 2.44. The first-order valence-corrected chi connectivity index (χ1v) is 31.0. The first-order valence-electron chi connectivity index (χ1n) is 31.0. The van der Waals surface area contributed by atoms with Gasteiger partial charge in [-0.1, -0.05) is 268 Å². The third-order valence-electron chi connectivity index (χ3n) is 16.6. The summed E-state index contributed by atoms with van der Waals surface area (Å²) in [7, 11) is 0. The van der Waals surface area contributed by atoms with Gasteiger partial charge in [0.05, 0.1) is 0 Å². The second-order valence-corrected chi connectivity index (χ2v) is 29.9. The van der Waals surface area contributed by atoms with Gasteiger partial charge in [0.25, 0.3) is 0 Å². The van der Waals surface area contributed by atoms with Crippen LogP contribution in [-0.4, -0.2) is 0 Å². The van der Waals surface area contributed by atoms with Crippen LogP contribution in [0.3, 0.4) is 0 Å². The maximum atomic E-state index is 3.82. The van der Waals surface area contributed by atoms with E-state index in [-0.39, 0.29) is 32.5 Å². The summed E-state index contributed by atoms with van der Waals surface area (Å²) in [5.41, 5.74) is 17.9. The number of rotatable bonds is 0. The molecule has 10 rings (SSSR count). The summed E-state index contributed by atoms with van der Waals surface area (Å²) in [4.78, 5) is 0. The first-order chi connectivity index (χ1) is 41.4. The molecule has 0 saturated carbocycles. The summed E-state index contributed by atoms with van der Waals surface area (Å²) in [6.45, 7) is 40.3. The molecule has 0 spiro atoms. The van der Waals surface area contributed by atoms with E-state index in [0.717, 1.165) is 99.1 Å². The van der Waals surface area contributed by atoms with Gasteiger partial charge in [-0.15, -0.1) is 0 Å². The average molecular weight is 1140 g/mol. The third-order valence-corrected chi connectivity index (χ3v) is 16.6. The van der Waals surface area contributed by atoms with Gasteiger partial charge >= 0.3 is 0 Å². The average Bonchev–Trinajstić information content (AvgIpc) is 0.721. The van der Waals surface area contributed by atoms with Crippen molar-refractivity contribution in [2.24, 2.45) is 0 Å². The van der Waals surface area contributed by atoms with E-state index in [0.29, 0.717) is 0 Å². The van der Waals surface area contributed by atoms with E-state index in [2.05, 4.69) is 366 Å². The van der Waals surface area contributed by atoms with Crippen molar-refractivity contribution in [2.75, 3.05) is 0 Å². The van der Waals surface area contributed by atoms with Gasteiger partial charge in [0.1, 0.15) is 0 Å². The molecular weight excluding hydrogens is 1060 g/mol. The predicted octanol–water partition coefficient (Wildman–Crippen LogP) is 20.8. The minimum absolute atomic E-state index is 0.0110. The standard InChI is InChI=1S/C88H82/c1-83(2,3)67-39-23-59(24-40-67)19-21-65-55-77-73(51-35-61-27-43-69(44-28-61)85(7,8)9)75(53-37-63-31-47-71(48-32-63)87(13,14)15)79-57-66(22-20-60-25-41-68(42-26-60)84(4,5)6)58-80-76(54-38-64-33-49-72(50-34-64)88(16,17)18)74(78(56-65)81(77)82(79)80)52-36-62-29-45-70(46-30-62)86(10,11)12/h23-34,39-50,55-58H,1-18H3. The molecule has 0 aliphatic rings. The molecular formula is C88H82. The van der Waals surface area contributed by atoms with Gasteiger partial charge in [0.2, 0.25) is 0 Å². The Hall–Kier alpha value is -9.40. The van der Waals surface area contributed by atoms with Crippen LogP contribution in [0.2, 0.25) is 0 Å². The van der Waals surface area contributed by atoms with Crippen molar-refractivity contribution in [2.45, 2.75) is 157 Å². The molecule has 0 heteroatoms. The lowest BCUT2D eigenvalue weighted by atomic mass is 9.81. The van der Waals surface area contributed by atoms with Gasteiger partial charge in [0, 0.05) is 99.1 Å². The van der Waals surface area contributed by atoms with Crippen molar-refractivity contribution in [1.29, 1.82) is 0 Å². The summed E-state index contributed by atoms with van der Waals surface area (Å²) in [5, 5.41) is 5.84. The molecule has 0 heterocycles. The molecule has 88 heavy (non-hydrogen) atoms. The van der Waals surface area contributed by atoms with E-state index < -0.39 is 0 Å². The SMILES string of the molecule is CC(C)(C)c1ccc(C#Cc2cc3c(C#Cc4ccc(C(C)(C)C)cc4)c(C#Cc4ccc(C(C)(C)C)cc4)c4cc(C#Cc5ccc(C(C)(C)C)cc5)cc5c(C#Cc6ccc(C(C)(C)C)cc6)c(C#Cc6ccc(C(C)(C)C)cc6)c(c2)c3c45)cc1. The van der Waals surface area contributed by atoms with Gasteiger partial charge < -0.3 is 0 Å². The summed E-state index contributed by atoms with van der Waals surface area (Å²) >= 11 is 0. The Balaban J connectivity index is 1.38. The normalized spacial score (nSPS) is 11.9. The fourth-order valence-corrected chi connectivity index (χ4v) is 11.0. The predicted molar refractivity (Wildman–Crippen MR) is 377 cm³/mol. The van der Waals surface area contributed by atoms with Gasteiger partial charge in [0.15, 0.2) is 0 Å². The fourth-order valence-electron chi connectivity index (χ4n) is 11.0. The lowest BCUT2D eigenvalue weighted by Crippen LogP contribution is -2.10. The minimum Gasteiger partial charge on any atom is -0.0617 e. The smallest absolute Gasteiger partial charge is 0.0491 e. The molecule has 0 bridgehead atoms. The Morgan fingerprint density at radius 3 is 0.455 bits per heavy atom. The Labute approximate surface area is 527 Å². The van der Waals surface area contributed by atoms with Crippen LogP contribution in [0.25, 0.3) is 32.3 Å². The molecule has 0 N–H and O–H groups in total. The third kappa shape index (κ3) is 14.0. The zero-order chi connectivity index (χ0) is 63.1. The van der Waals surface area contributed by atoms with Gasteiger partial charge in [-0.05, 0) is 163 Å². The lowest BCUT2D eigenvalue weighted by molar-refractivity contribution is 0.590. The molecule has 0 radical (unpaired) electrons. The molecule has 0 aliphatic carbocycles. The van der Waals surface area contributed by atoms with Crippen molar-refractivity contribution in [3.63, 3.8) is 0 Å². The quantitative estimate of drug-likeness (QED) is 0.105. The number of hydrogen-bond donors (Lipinski definition) is 0. The number of hydrogen-bond acceptors (Lipinski definition) is 0. The summed E-state index contributed by atoms with van der Waals surface area (Å²) in [5.74, 6) is 44.5. The van der Waals surface area contributed by atoms with Gasteiger partial charge in [-0.25, -0.2) is 0 Å². The maximum Gasteiger partial charge on any atom is 0.0491 e. The molecule has 0 aliphatic heterocycles. The molecule has 10 aromatic rings. The molecule has 0 atom stereocenters. The van der Waals surface area contributed by atoms with Crippen LogP contribution in [-0.2, 0) is 32.5 Å². The summed E-state index contributed by atoms with van der Waals surface area (Å²) in [6, 6.07) is 60.9. The molecule has 10 aromatic carbocycles. The van der Waals surface area contributed by atoms with E-state index >= 15 is 0 Å². The second-order valence-electron chi connectivity index (χ2n) is 29.9. The van der Waals surface area contributed by atoms with Crippen LogP contribution in [0.15, 0.2) is 170 Å². The molecule has 0 fully saturated rings. The monoisotopic (exact) mass is 1140 g/mol. The molecule has 0 amide bonds. The van der Waals surface area contributed by atoms with Crippen molar-refractivity contribution in [3.8, 4) is 71.0 Å². The largest absolute Gasteiger partial charge is 0.0617 e. The molecule has 0 aromatic heterocycles. The fraction of sp³-hybridized carbons (Fsp3) is 0.273. The Bertz CT molecular complexity index is 4150. The van der Waals surface area contributed by atoms with E-state index in [1.165, 1.54) is 33.4 Å². The molecule has 0 unspecified atom stereocenters. The molecule has 0 nitrogen and oxygen atoms in total. The highest BCUT2D eigenvalue weighted by molar-refractivity contribution is 6.29. The van der Waals surface area contributed by atoms with Gasteiger partial charge in [-0.2, -0.15) is 0 Å². The highest BCUT2D eigenvalue weighted by Gasteiger charge is 2.24. The van der Waals surface area contributed by atoms with E-state index in [9.17, 15) is 0 Å². The van der Waals surface area contributed by atoms with Crippen LogP contribution in [0.5, 0.6) is 0 Å². The van der Waals surface area contributed by atoms with Crippen LogP contribution >= 0.6 is 0 Å². The summed E-state index contributed by atoms with van der Waals surface area (Å²) < 4.78 is 0. The Morgan fingerprint density at radius 1 is 0.170 bits per heavy atom. The zero-order valence-corrected chi connectivity index (χ0v) is 55.2. The topological polar surface area (TPSA) is 0 Å². The van der Waals surface area contributed by atoms with Crippen molar-refractivity contribution in [1.82, 2.24) is 0 Å². The molecule has 0 saturated heterocycles. The van der Waals surface area contributed by atoms with Crippen molar-refractivity contribution < 1.29 is 0 Å². The zero-order valence-electron chi connectivity index (χ0n) is 55.2. The summed E-state index contributed by atoms with van der Waals surface area (Å²) in [6.07, 6.45) is 0. The Morgan fingerprint density at radius 2 is 0.307 bits per heavy atom. The van der Waals surface area contributed by atoms with E-state index in [1.807, 2.05) is 0 Å². The first kappa shape index (κ1) is 61.7. The molecule has 434 valence electrons. The lowest BCUT2D eigenvalue weighted by Gasteiger charge is -2.20. The highest BCUT2D eigenvalue weighted by atomic mass is 14.3. The van der Waals surface area contributed by atoms with Gasteiger partial charge in [-0.3, -0.25) is 0 Å². The second kappa shape index (κ2) is 23.7. The maximum absolute atomic E-state index is 3.82. The number of benzene rings is 10. The minimum atomic E-state index is -0.0110. The van der Waals surface area contributed by atoms with Crippen LogP contribution in [0.1, 0.15) is 225 Å². The van der Waals surface area contributed by atoms with E-state index in [1.54, 1.807) is 0 Å². The van der Waals surface area contributed by atoms with Crippen LogP contribution in [0, 0.1) is 71.0 Å². The van der Waals surface area contributed by atoms with Crippen molar-refractivity contribution >= 4 is 32.3 Å². The van der Waals surface area contributed by atoms with Crippen LogP contribution < -0.4 is 0 Å². The van der Waals surface area contributed by atoms with Crippen LogP contribution in [0.4, 0.5) is 0 Å². The Kier molecular flexibility index (Phi) is 16.6.